The number of carbonyl (C=O) groups excluding carboxylic acids is 2. The second kappa shape index (κ2) is 21.4. The van der Waals surface area contributed by atoms with Gasteiger partial charge >= 0.3 is 41.7 Å². The Kier molecular flexibility index (Phi) is 20.7. The Hall–Kier alpha value is -1.38. The molecule has 2 aromatic rings. The van der Waals surface area contributed by atoms with Gasteiger partial charge in [-0.15, -0.1) is 0 Å². The molecule has 0 radical (unpaired) electrons. The minimum absolute atomic E-state index is 0. The first kappa shape index (κ1) is 42.6. The van der Waals surface area contributed by atoms with Gasteiger partial charge in [0.2, 0.25) is 0 Å². The summed E-state index contributed by atoms with van der Waals surface area (Å²) < 4.78 is 11.6. The Morgan fingerprint density at radius 1 is 0.795 bits per heavy atom. The molecule has 2 amide bonds. The van der Waals surface area contributed by atoms with Crippen molar-refractivity contribution in [2.45, 2.75) is 52.7 Å². The van der Waals surface area contributed by atoms with Gasteiger partial charge in [0.05, 0.1) is 0 Å². The van der Waals surface area contributed by atoms with E-state index in [2.05, 4.69) is 36.1 Å². The Bertz CT molecular complexity index is 1110. The third-order valence-corrected chi connectivity index (χ3v) is 6.37. The van der Waals surface area contributed by atoms with Crippen LogP contribution in [0.3, 0.4) is 0 Å². The molecule has 0 bridgehead atoms. The molecule has 11 nitrogen and oxygen atoms in total. The summed E-state index contributed by atoms with van der Waals surface area (Å²) in [6.07, 6.45) is 2.89. The van der Waals surface area contributed by atoms with E-state index in [0.717, 1.165) is 56.5 Å². The number of ether oxygens (including phenoxy) is 2. The number of carbonyl (C=O) groups is 2. The van der Waals surface area contributed by atoms with Gasteiger partial charge in [-0.2, -0.15) is 7.11 Å². The van der Waals surface area contributed by atoms with Crippen molar-refractivity contribution in [3.63, 3.8) is 0 Å². The molecule has 0 aliphatic carbocycles. The molecule has 15 heteroatoms. The molecule has 2 aliphatic rings. The van der Waals surface area contributed by atoms with Crippen molar-refractivity contribution in [1.29, 1.82) is 0 Å². The average Bonchev–Trinajstić information content (AvgIpc) is 2.93. The van der Waals surface area contributed by atoms with Crippen LogP contribution in [0.2, 0.25) is 10.3 Å². The topological polar surface area (TPSA) is 123 Å². The third kappa shape index (κ3) is 18.6. The van der Waals surface area contributed by atoms with Crippen LogP contribution in [-0.2, 0) is 9.47 Å². The fourth-order valence-electron chi connectivity index (χ4n) is 3.62. The monoisotopic (exact) mass is 728 g/mol. The van der Waals surface area contributed by atoms with E-state index in [9.17, 15) is 9.59 Å². The molecule has 2 aliphatic heterocycles. The molecule has 2 saturated heterocycles. The van der Waals surface area contributed by atoms with Crippen LogP contribution in [-0.4, -0.2) is 103 Å². The van der Waals surface area contributed by atoms with Crippen LogP contribution in [0, 0.1) is 0 Å². The second-order valence-corrected chi connectivity index (χ2v) is 13.0. The number of piperazine rings is 2. The molecular formula is C29H44BrCl2N6NaO5. The fourth-order valence-corrected chi connectivity index (χ4v) is 4.42. The molecule has 4 heterocycles. The van der Waals surface area contributed by atoms with Gasteiger partial charge in [-0.25, -0.2) is 19.6 Å². The Balaban J connectivity index is 0.000000662. The minimum atomic E-state index is -0.452. The number of nitrogens with one attached hydrogen (secondary N) is 1. The van der Waals surface area contributed by atoms with Crippen LogP contribution < -0.4 is 44.9 Å². The second-order valence-electron chi connectivity index (χ2n) is 11.3. The number of nitrogens with zero attached hydrogens (tertiary/aromatic N) is 5. The molecule has 0 unspecified atom stereocenters. The van der Waals surface area contributed by atoms with Crippen molar-refractivity contribution in [1.82, 2.24) is 25.1 Å². The van der Waals surface area contributed by atoms with Gasteiger partial charge in [0.15, 0.2) is 0 Å². The van der Waals surface area contributed by atoms with E-state index in [1.54, 1.807) is 28.3 Å². The third-order valence-electron chi connectivity index (χ3n) is 5.46. The van der Waals surface area contributed by atoms with Crippen molar-refractivity contribution in [2.24, 2.45) is 0 Å². The predicted octanol–water partition coefficient (Wildman–Crippen LogP) is 2.10. The van der Waals surface area contributed by atoms with Gasteiger partial charge in [-0.1, -0.05) is 39.1 Å². The Morgan fingerprint density at radius 2 is 1.23 bits per heavy atom. The molecule has 0 aromatic carbocycles. The normalized spacial score (nSPS) is 14.7. The summed E-state index contributed by atoms with van der Waals surface area (Å²) in [6, 6.07) is 7.33. The number of aromatic nitrogens is 2. The van der Waals surface area contributed by atoms with E-state index in [1.165, 1.54) is 0 Å². The van der Waals surface area contributed by atoms with Crippen LogP contribution in [0.4, 0.5) is 15.3 Å². The summed E-state index contributed by atoms with van der Waals surface area (Å²) in [5, 5.41) is 12.4. The van der Waals surface area contributed by atoms with Gasteiger partial charge in [0, 0.05) is 74.9 Å². The number of pyridine rings is 2. The fraction of sp³-hybridized carbons (Fsp3) is 0.586. The first-order valence-electron chi connectivity index (χ1n) is 13.8. The van der Waals surface area contributed by atoms with Crippen molar-refractivity contribution in [3.8, 4) is 0 Å². The number of anilines is 1. The van der Waals surface area contributed by atoms with E-state index in [0.29, 0.717) is 23.4 Å². The number of rotatable bonds is 1. The summed E-state index contributed by atoms with van der Waals surface area (Å²) in [5.41, 5.74) is 0.197. The first-order chi connectivity index (χ1) is 20.1. The largest absolute Gasteiger partial charge is 1.00 e. The van der Waals surface area contributed by atoms with Crippen LogP contribution in [0.1, 0.15) is 41.5 Å². The van der Waals surface area contributed by atoms with Crippen LogP contribution in [0.15, 0.2) is 41.1 Å². The number of halogens is 3. The maximum atomic E-state index is 12.0. The summed E-state index contributed by atoms with van der Waals surface area (Å²) in [4.78, 5) is 36.9. The van der Waals surface area contributed by atoms with Crippen LogP contribution in [0.5, 0.6) is 0 Å². The van der Waals surface area contributed by atoms with Gasteiger partial charge in [-0.3, -0.25) is 0 Å². The van der Waals surface area contributed by atoms with E-state index in [-0.39, 0.29) is 47.3 Å². The zero-order valence-corrected chi connectivity index (χ0v) is 32.1. The summed E-state index contributed by atoms with van der Waals surface area (Å²) in [6.45, 7) is 17.3. The standard InChI is InChI=1S/C14H20ClN3O2.C9H18N2O2.C5H3BrClN.CH3O.Na/c1-14(2,3)20-13(19)18-8-6-17(7-9-18)11-4-5-16-12(15)10-11;1-9(2,3)13-8(12)11-6-4-10-5-7-11;6-4-1-2-8-5(7)3-4;1-2;/h4-5,10H,6-9H2,1-3H3;10H,4-7H2,1-3H3;1-3H;1H3;/q;;;-1;+1. The molecule has 0 spiro atoms. The maximum absolute atomic E-state index is 12.0. The predicted molar refractivity (Wildman–Crippen MR) is 173 cm³/mol. The van der Waals surface area contributed by atoms with E-state index < -0.39 is 5.60 Å². The summed E-state index contributed by atoms with van der Waals surface area (Å²) in [5.74, 6) is 0. The van der Waals surface area contributed by atoms with Gasteiger partial charge in [0.1, 0.15) is 21.5 Å². The molecular weight excluding hydrogens is 686 g/mol. The van der Waals surface area contributed by atoms with Crippen molar-refractivity contribution < 1.29 is 53.7 Å². The first-order valence-corrected chi connectivity index (χ1v) is 15.4. The van der Waals surface area contributed by atoms with Gasteiger partial charge in [-0.05, 0) is 65.8 Å². The number of hydrogen-bond acceptors (Lipinski definition) is 9. The minimum Gasteiger partial charge on any atom is -0.857 e. The quantitative estimate of drug-likeness (QED) is 0.348. The molecule has 4 rings (SSSR count). The van der Waals surface area contributed by atoms with E-state index in [1.807, 2.05) is 59.7 Å². The smallest absolute Gasteiger partial charge is 0.857 e. The van der Waals surface area contributed by atoms with E-state index >= 15 is 0 Å². The number of hydrogen-bond donors (Lipinski definition) is 1. The zero-order valence-electron chi connectivity index (χ0n) is 27.0. The Labute approximate surface area is 302 Å². The molecule has 2 fully saturated rings. The number of amides is 2. The molecule has 0 atom stereocenters. The Morgan fingerprint density at radius 3 is 1.61 bits per heavy atom. The van der Waals surface area contributed by atoms with Gasteiger partial charge in [0.25, 0.3) is 0 Å². The van der Waals surface area contributed by atoms with Crippen LogP contribution in [0.25, 0.3) is 0 Å². The van der Waals surface area contributed by atoms with Crippen molar-refractivity contribution in [3.05, 3.63) is 51.4 Å². The zero-order chi connectivity index (χ0) is 32.6. The molecule has 2 aromatic heterocycles. The average molecular weight is 731 g/mol. The SMILES string of the molecule is CC(C)(C)OC(=O)N1CCN(c2ccnc(Cl)c2)CC1.CC(C)(C)OC(=O)N1CCNCC1.C[O-].Clc1cc(Br)ccn1.[Na+]. The molecule has 44 heavy (non-hydrogen) atoms. The maximum Gasteiger partial charge on any atom is 1.00 e. The summed E-state index contributed by atoms with van der Waals surface area (Å²) in [7, 11) is 0.750. The van der Waals surface area contributed by atoms with Crippen LogP contribution >= 0.6 is 39.1 Å². The summed E-state index contributed by atoms with van der Waals surface area (Å²) >= 11 is 14.6. The molecule has 0 saturated carbocycles. The van der Waals surface area contributed by atoms with Crippen molar-refractivity contribution in [2.75, 3.05) is 64.4 Å². The van der Waals surface area contributed by atoms with E-state index in [4.69, 9.17) is 37.8 Å². The van der Waals surface area contributed by atoms with Gasteiger partial charge < -0.3 is 34.6 Å². The van der Waals surface area contributed by atoms with Crippen molar-refractivity contribution >= 4 is 57.0 Å². The molecule has 242 valence electrons. The molecule has 1 N–H and O–H groups in total.